The Hall–Kier alpha value is -2.45. The van der Waals surface area contributed by atoms with E-state index in [4.69, 9.17) is 11.6 Å². The highest BCUT2D eigenvalue weighted by Crippen LogP contribution is 2.29. The highest BCUT2D eigenvalue weighted by Gasteiger charge is 2.21. The van der Waals surface area contributed by atoms with E-state index in [-0.39, 0.29) is 18.0 Å². The van der Waals surface area contributed by atoms with Crippen molar-refractivity contribution in [2.45, 2.75) is 33.2 Å². The van der Waals surface area contributed by atoms with Gasteiger partial charge in [-0.1, -0.05) is 35.9 Å². The van der Waals surface area contributed by atoms with E-state index in [0.717, 1.165) is 30.2 Å². The maximum absolute atomic E-state index is 12.9. The lowest BCUT2D eigenvalue weighted by Crippen LogP contribution is -2.34. The van der Waals surface area contributed by atoms with Gasteiger partial charge in [0.15, 0.2) is 10.8 Å². The number of carbonyl (C=O) groups is 1. The van der Waals surface area contributed by atoms with Crippen molar-refractivity contribution in [3.63, 3.8) is 0 Å². The van der Waals surface area contributed by atoms with E-state index in [1.165, 1.54) is 28.7 Å². The number of anilines is 2. The Balaban J connectivity index is 1.55. The van der Waals surface area contributed by atoms with Gasteiger partial charge < -0.3 is 10.2 Å². The first kappa shape index (κ1) is 19.8. The number of thiazole rings is 1. The predicted molar refractivity (Wildman–Crippen MR) is 117 cm³/mol. The van der Waals surface area contributed by atoms with Crippen molar-refractivity contribution in [3.8, 4) is 0 Å². The Morgan fingerprint density at radius 2 is 2.24 bits per heavy atom. The smallest absolute Gasteiger partial charge is 0.273 e. The van der Waals surface area contributed by atoms with Crippen LogP contribution in [0, 0.1) is 12.8 Å². The van der Waals surface area contributed by atoms with Crippen LogP contribution in [0.3, 0.4) is 0 Å². The second kappa shape index (κ2) is 8.12. The average Bonchev–Trinajstić information content (AvgIpc) is 3.12. The number of fused-ring (bicyclic) bond motifs is 1. The Labute approximate surface area is 177 Å². The molecule has 0 radical (unpaired) electrons. The summed E-state index contributed by atoms with van der Waals surface area (Å²) in [7, 11) is 0. The number of rotatable bonds is 4. The number of hydrogen-bond acceptors (Lipinski definition) is 6. The van der Waals surface area contributed by atoms with Crippen molar-refractivity contribution in [2.75, 3.05) is 23.3 Å². The van der Waals surface area contributed by atoms with E-state index in [2.05, 4.69) is 27.1 Å². The quantitative estimate of drug-likeness (QED) is 0.681. The number of aromatic nitrogens is 3. The third kappa shape index (κ3) is 4.28. The minimum atomic E-state index is -0.312. The Kier molecular flexibility index (Phi) is 5.56. The molecule has 2 aromatic heterocycles. The molecule has 3 heterocycles. The Morgan fingerprint density at radius 3 is 3.03 bits per heavy atom. The molecule has 1 N–H and O–H groups in total. The number of halogens is 1. The first-order valence-electron chi connectivity index (χ1n) is 9.57. The van der Waals surface area contributed by atoms with Crippen LogP contribution in [-0.2, 0) is 11.3 Å². The van der Waals surface area contributed by atoms with Gasteiger partial charge in [-0.05, 0) is 43.4 Å². The number of carbonyl (C=O) groups excluding carboxylic acids is 1. The topological polar surface area (TPSA) is 80.1 Å². The van der Waals surface area contributed by atoms with Crippen LogP contribution in [0.2, 0.25) is 5.02 Å². The zero-order valence-corrected chi connectivity index (χ0v) is 17.9. The summed E-state index contributed by atoms with van der Waals surface area (Å²) in [6.07, 6.45) is 3.73. The molecule has 0 aliphatic carbocycles. The zero-order valence-electron chi connectivity index (χ0n) is 16.3. The molecule has 1 fully saturated rings. The Bertz CT molecular complexity index is 1130. The van der Waals surface area contributed by atoms with Crippen LogP contribution in [0.4, 0.5) is 10.8 Å². The summed E-state index contributed by atoms with van der Waals surface area (Å²) in [6, 6.07) is 5.28. The van der Waals surface area contributed by atoms with Crippen molar-refractivity contribution in [1.29, 1.82) is 0 Å². The van der Waals surface area contributed by atoms with E-state index >= 15 is 0 Å². The second-order valence-electron chi connectivity index (χ2n) is 7.53. The molecule has 29 heavy (non-hydrogen) atoms. The molecular formula is C20H22ClN5O2S. The molecule has 1 saturated heterocycles. The molecule has 0 bridgehead atoms. The van der Waals surface area contributed by atoms with Crippen LogP contribution in [0.15, 0.2) is 29.3 Å². The lowest BCUT2D eigenvalue weighted by Gasteiger charge is -2.30. The predicted octanol–water partition coefficient (Wildman–Crippen LogP) is 3.69. The highest BCUT2D eigenvalue weighted by molar-refractivity contribution is 7.22. The number of nitrogens with one attached hydrogen (secondary N) is 1. The van der Waals surface area contributed by atoms with Crippen LogP contribution >= 0.6 is 22.9 Å². The molecule has 1 aliphatic rings. The molecule has 0 spiro atoms. The Morgan fingerprint density at radius 1 is 1.41 bits per heavy atom. The van der Waals surface area contributed by atoms with Crippen molar-refractivity contribution in [1.82, 2.24) is 14.5 Å². The van der Waals surface area contributed by atoms with Gasteiger partial charge in [0.1, 0.15) is 17.6 Å². The van der Waals surface area contributed by atoms with Gasteiger partial charge in [0.2, 0.25) is 5.91 Å². The highest BCUT2D eigenvalue weighted by atomic mass is 35.5. The fourth-order valence-electron chi connectivity index (χ4n) is 3.52. The summed E-state index contributed by atoms with van der Waals surface area (Å²) in [6.45, 7) is 5.87. The van der Waals surface area contributed by atoms with Gasteiger partial charge in [-0.3, -0.25) is 14.2 Å². The molecule has 1 atom stereocenters. The molecule has 152 valence electrons. The molecular weight excluding hydrogens is 410 g/mol. The second-order valence-corrected chi connectivity index (χ2v) is 8.94. The maximum Gasteiger partial charge on any atom is 0.273 e. The largest absolute Gasteiger partial charge is 0.348 e. The normalized spacial score (nSPS) is 16.9. The van der Waals surface area contributed by atoms with E-state index in [9.17, 15) is 9.59 Å². The van der Waals surface area contributed by atoms with Gasteiger partial charge in [0.25, 0.3) is 5.56 Å². The lowest BCUT2D eigenvalue weighted by molar-refractivity contribution is -0.116. The number of benzene rings is 1. The lowest BCUT2D eigenvalue weighted by atomic mass is 10.0. The summed E-state index contributed by atoms with van der Waals surface area (Å²) in [5.41, 5.74) is 1.72. The summed E-state index contributed by atoms with van der Waals surface area (Å²) >= 11 is 7.35. The van der Waals surface area contributed by atoms with Crippen LogP contribution in [0.1, 0.15) is 25.3 Å². The third-order valence-corrected chi connectivity index (χ3v) is 6.42. The minimum absolute atomic E-state index is 0.123. The zero-order chi connectivity index (χ0) is 20.5. The number of piperidine rings is 1. The molecule has 3 aromatic rings. The number of hydrogen-bond donors (Lipinski definition) is 1. The maximum atomic E-state index is 12.9. The van der Waals surface area contributed by atoms with Crippen molar-refractivity contribution < 1.29 is 4.79 Å². The van der Waals surface area contributed by atoms with Gasteiger partial charge in [-0.25, -0.2) is 4.98 Å². The van der Waals surface area contributed by atoms with Crippen LogP contribution < -0.4 is 15.8 Å². The van der Waals surface area contributed by atoms with Crippen molar-refractivity contribution >= 4 is 50.0 Å². The number of amides is 1. The number of nitrogens with zero attached hydrogens (tertiary/aromatic N) is 4. The van der Waals surface area contributed by atoms with Crippen molar-refractivity contribution in [2.24, 2.45) is 5.92 Å². The average molecular weight is 432 g/mol. The van der Waals surface area contributed by atoms with Crippen LogP contribution in [0.5, 0.6) is 0 Å². The first-order chi connectivity index (χ1) is 13.9. The standard InChI is InChI=1S/C20H22ClN5O2S/c1-12-4-3-7-25(9-12)20-24-18-17(29-20)19(28)26(11-22-18)10-16(27)23-15-8-14(21)6-5-13(15)2/h5-6,8,11-12H,3-4,7,9-10H2,1-2H3,(H,23,27)/t12-/m1/s1. The first-order valence-corrected chi connectivity index (χ1v) is 10.8. The molecule has 4 rings (SSSR count). The SMILES string of the molecule is Cc1ccc(Cl)cc1NC(=O)Cn1cnc2nc(N3CCC[C@@H](C)C3)sc2c1=O. The molecule has 1 aromatic carbocycles. The monoisotopic (exact) mass is 431 g/mol. The fraction of sp³-hybridized carbons (Fsp3) is 0.400. The van der Waals surface area contributed by atoms with Crippen LogP contribution in [-0.4, -0.2) is 33.5 Å². The fourth-order valence-corrected chi connectivity index (χ4v) is 4.70. The molecule has 7 nitrogen and oxygen atoms in total. The van der Waals surface area contributed by atoms with E-state index < -0.39 is 0 Å². The minimum Gasteiger partial charge on any atom is -0.348 e. The van der Waals surface area contributed by atoms with Crippen molar-refractivity contribution in [3.05, 3.63) is 45.5 Å². The summed E-state index contributed by atoms with van der Waals surface area (Å²) < 4.78 is 1.80. The molecule has 9 heteroatoms. The van der Waals surface area contributed by atoms with E-state index in [0.29, 0.717) is 27.0 Å². The summed E-state index contributed by atoms with van der Waals surface area (Å²) in [5, 5.41) is 4.17. The van der Waals surface area contributed by atoms with E-state index in [1.807, 2.05) is 13.0 Å². The van der Waals surface area contributed by atoms with E-state index in [1.54, 1.807) is 12.1 Å². The summed E-state index contributed by atoms with van der Waals surface area (Å²) in [5.74, 6) is 0.298. The third-order valence-electron chi connectivity index (χ3n) is 5.09. The van der Waals surface area contributed by atoms with Gasteiger partial charge >= 0.3 is 0 Å². The van der Waals surface area contributed by atoms with Gasteiger partial charge in [-0.2, -0.15) is 4.98 Å². The molecule has 0 unspecified atom stereocenters. The van der Waals surface area contributed by atoms with Gasteiger partial charge in [0, 0.05) is 23.8 Å². The molecule has 1 amide bonds. The molecule has 0 saturated carbocycles. The number of aryl methyl sites for hydroxylation is 1. The van der Waals surface area contributed by atoms with Gasteiger partial charge in [0.05, 0.1) is 0 Å². The van der Waals surface area contributed by atoms with Gasteiger partial charge in [-0.15, -0.1) is 0 Å². The molecule has 1 aliphatic heterocycles. The summed E-state index contributed by atoms with van der Waals surface area (Å²) in [4.78, 5) is 36.4. The van der Waals surface area contributed by atoms with Crippen LogP contribution in [0.25, 0.3) is 10.3 Å².